The van der Waals surface area contributed by atoms with Gasteiger partial charge in [0.25, 0.3) is 11.7 Å². The highest BCUT2D eigenvalue weighted by Crippen LogP contribution is 2.43. The Kier molecular flexibility index (Phi) is 7.84. The van der Waals surface area contributed by atoms with Gasteiger partial charge in [-0.25, -0.2) is 0 Å². The molecule has 0 aliphatic carbocycles. The molecule has 0 spiro atoms. The lowest BCUT2D eigenvalue weighted by atomic mass is 9.94. The van der Waals surface area contributed by atoms with E-state index < -0.39 is 17.7 Å². The molecule has 0 unspecified atom stereocenters. The third-order valence-electron chi connectivity index (χ3n) is 7.59. The van der Waals surface area contributed by atoms with Gasteiger partial charge in [0.1, 0.15) is 17.6 Å². The first-order valence-corrected chi connectivity index (χ1v) is 13.8. The average Bonchev–Trinajstić information content (AvgIpc) is 3.62. The van der Waals surface area contributed by atoms with Gasteiger partial charge in [0.2, 0.25) is 0 Å². The first kappa shape index (κ1) is 27.1. The predicted molar refractivity (Wildman–Crippen MR) is 146 cm³/mol. The summed E-state index contributed by atoms with van der Waals surface area (Å²) in [5.74, 6) is 0.803. The summed E-state index contributed by atoms with van der Waals surface area (Å²) in [6, 6.07) is 9.99. The fourth-order valence-electron chi connectivity index (χ4n) is 5.53. The summed E-state index contributed by atoms with van der Waals surface area (Å²) in [6.45, 7) is 7.69. The second-order valence-corrected chi connectivity index (χ2v) is 11.0. The van der Waals surface area contributed by atoms with Crippen molar-refractivity contribution in [2.45, 2.75) is 64.7 Å². The van der Waals surface area contributed by atoms with E-state index in [-0.39, 0.29) is 30.1 Å². The molecule has 0 saturated carbocycles. The number of carbonyl (C=O) groups excluding carboxylic acids is 2. The van der Waals surface area contributed by atoms with Crippen LogP contribution in [0.3, 0.4) is 0 Å². The van der Waals surface area contributed by atoms with Crippen LogP contribution in [0.5, 0.6) is 17.2 Å². The molecule has 8 heteroatoms. The van der Waals surface area contributed by atoms with Crippen LogP contribution in [0.25, 0.3) is 5.76 Å². The van der Waals surface area contributed by atoms with Crippen LogP contribution in [-0.4, -0.2) is 60.8 Å². The molecular formula is C31H37NO7. The van der Waals surface area contributed by atoms with Crippen LogP contribution in [0.2, 0.25) is 0 Å². The molecule has 1 amide bonds. The number of aliphatic hydroxyl groups excluding tert-OH is 1. The Labute approximate surface area is 229 Å². The number of fused-ring (bicyclic) bond motifs is 1. The van der Waals surface area contributed by atoms with Gasteiger partial charge >= 0.3 is 0 Å². The second kappa shape index (κ2) is 11.3. The van der Waals surface area contributed by atoms with E-state index in [0.717, 1.165) is 30.6 Å². The molecule has 2 aromatic rings. The number of amides is 1. The number of ether oxygens (including phenoxy) is 4. The van der Waals surface area contributed by atoms with Crippen molar-refractivity contribution in [3.05, 3.63) is 58.7 Å². The number of Topliss-reactive ketones (excluding diaryl/α,β-unsaturated/α-hetero) is 1. The molecule has 3 aliphatic rings. The van der Waals surface area contributed by atoms with Gasteiger partial charge in [0.15, 0.2) is 11.5 Å². The summed E-state index contributed by atoms with van der Waals surface area (Å²) in [6.07, 6.45) is 3.21. The second-order valence-electron chi connectivity index (χ2n) is 11.0. The number of likely N-dealkylation sites (tertiary alicyclic amines) is 1. The lowest BCUT2D eigenvalue weighted by molar-refractivity contribution is -0.140. The zero-order valence-electron chi connectivity index (χ0n) is 23.1. The summed E-state index contributed by atoms with van der Waals surface area (Å²) in [5, 5.41) is 11.5. The number of hydrogen-bond acceptors (Lipinski definition) is 7. The van der Waals surface area contributed by atoms with Gasteiger partial charge in [-0.1, -0.05) is 19.9 Å². The quantitative estimate of drug-likeness (QED) is 0.273. The first-order chi connectivity index (χ1) is 18.8. The van der Waals surface area contributed by atoms with E-state index in [2.05, 4.69) is 13.8 Å². The van der Waals surface area contributed by atoms with Crippen molar-refractivity contribution in [3.63, 3.8) is 0 Å². The smallest absolute Gasteiger partial charge is 0.295 e. The maximum Gasteiger partial charge on any atom is 0.295 e. The molecule has 208 valence electrons. The van der Waals surface area contributed by atoms with Gasteiger partial charge in [-0.05, 0) is 73.6 Å². The molecule has 39 heavy (non-hydrogen) atoms. The van der Waals surface area contributed by atoms with Gasteiger partial charge in [0.05, 0.1) is 31.4 Å². The molecule has 0 bridgehead atoms. The molecule has 8 nitrogen and oxygen atoms in total. The highest BCUT2D eigenvalue weighted by Gasteiger charge is 2.47. The van der Waals surface area contributed by atoms with E-state index in [1.54, 1.807) is 31.4 Å². The molecule has 3 heterocycles. The monoisotopic (exact) mass is 535 g/mol. The third kappa shape index (κ3) is 5.48. The van der Waals surface area contributed by atoms with Crippen molar-refractivity contribution in [2.24, 2.45) is 5.92 Å². The molecule has 2 fully saturated rings. The highest BCUT2D eigenvalue weighted by molar-refractivity contribution is 6.46. The average molecular weight is 536 g/mol. The molecule has 3 aliphatic heterocycles. The number of hydrogen-bond donors (Lipinski definition) is 1. The number of ketones is 1. The van der Waals surface area contributed by atoms with Crippen LogP contribution in [-0.2, 0) is 20.7 Å². The van der Waals surface area contributed by atoms with Crippen LogP contribution in [0.15, 0.2) is 42.0 Å². The molecule has 2 aromatic carbocycles. The van der Waals surface area contributed by atoms with Crippen LogP contribution < -0.4 is 14.2 Å². The van der Waals surface area contributed by atoms with Crippen molar-refractivity contribution < 1.29 is 33.6 Å². The number of rotatable bonds is 9. The largest absolute Gasteiger partial charge is 0.507 e. The van der Waals surface area contributed by atoms with Gasteiger partial charge in [-0.3, -0.25) is 9.59 Å². The van der Waals surface area contributed by atoms with E-state index in [1.165, 1.54) is 4.90 Å². The fraction of sp³-hybridized carbons (Fsp3) is 0.484. The zero-order valence-corrected chi connectivity index (χ0v) is 23.1. The predicted octanol–water partition coefficient (Wildman–Crippen LogP) is 5.04. The molecule has 0 aromatic heterocycles. The van der Waals surface area contributed by atoms with E-state index in [4.69, 9.17) is 18.9 Å². The maximum atomic E-state index is 13.5. The van der Waals surface area contributed by atoms with Crippen LogP contribution in [0.1, 0.15) is 62.8 Å². The Morgan fingerprint density at radius 1 is 1.15 bits per heavy atom. The molecular weight excluding hydrogens is 498 g/mol. The zero-order chi connectivity index (χ0) is 27.7. The Morgan fingerprint density at radius 2 is 1.97 bits per heavy atom. The minimum Gasteiger partial charge on any atom is -0.507 e. The fourth-order valence-corrected chi connectivity index (χ4v) is 5.53. The first-order valence-electron chi connectivity index (χ1n) is 13.8. The molecule has 2 saturated heterocycles. The Morgan fingerprint density at radius 3 is 2.69 bits per heavy atom. The number of nitrogens with zero attached hydrogens (tertiary/aromatic N) is 1. The minimum atomic E-state index is -0.795. The molecule has 3 atom stereocenters. The number of benzene rings is 2. The topological polar surface area (TPSA) is 94.5 Å². The highest BCUT2D eigenvalue weighted by atomic mass is 16.5. The van der Waals surface area contributed by atoms with Crippen molar-refractivity contribution in [3.8, 4) is 17.2 Å². The summed E-state index contributed by atoms with van der Waals surface area (Å²) >= 11 is 0. The Hall–Kier alpha value is -3.52. The summed E-state index contributed by atoms with van der Waals surface area (Å²) in [4.78, 5) is 28.4. The Bertz CT molecular complexity index is 1280. The standard InChI is InChI=1S/C31H37NO7/c1-18(2)11-13-38-25-10-7-20(16-26(25)36-4)28-27(30(34)31(35)32(28)17-23-6-5-12-37-23)29(33)21-8-9-24-22(15-21)14-19(3)39-24/h7-10,15-16,18-19,23,28,33H,5-6,11-14,17H2,1-4H3/t19-,23-,28-/m0/s1. The molecule has 0 radical (unpaired) electrons. The SMILES string of the molecule is COc1cc([C@H]2C(=C(O)c3ccc4c(c3)C[C@H](C)O4)C(=O)C(=O)N2C[C@@H]2CCCO2)ccc1OCCC(C)C. The number of aliphatic hydroxyl groups is 1. The summed E-state index contributed by atoms with van der Waals surface area (Å²) in [5.41, 5.74) is 2.15. The van der Waals surface area contributed by atoms with Gasteiger partial charge in [-0.2, -0.15) is 0 Å². The minimum absolute atomic E-state index is 0.0446. The van der Waals surface area contributed by atoms with Gasteiger partial charge < -0.3 is 29.0 Å². The molecule has 5 rings (SSSR count). The summed E-state index contributed by atoms with van der Waals surface area (Å²) in [7, 11) is 1.56. The van der Waals surface area contributed by atoms with Crippen molar-refractivity contribution in [1.82, 2.24) is 4.90 Å². The van der Waals surface area contributed by atoms with Crippen molar-refractivity contribution in [2.75, 3.05) is 26.9 Å². The van der Waals surface area contributed by atoms with Crippen LogP contribution in [0, 0.1) is 5.92 Å². The lowest BCUT2D eigenvalue weighted by Crippen LogP contribution is -2.36. The van der Waals surface area contributed by atoms with Crippen molar-refractivity contribution >= 4 is 17.4 Å². The summed E-state index contributed by atoms with van der Waals surface area (Å²) < 4.78 is 23.2. The lowest BCUT2D eigenvalue weighted by Gasteiger charge is -2.28. The molecule has 1 N–H and O–H groups in total. The van der Waals surface area contributed by atoms with Crippen LogP contribution in [0.4, 0.5) is 0 Å². The van der Waals surface area contributed by atoms with E-state index in [9.17, 15) is 14.7 Å². The Balaban J connectivity index is 1.56. The van der Waals surface area contributed by atoms with Gasteiger partial charge in [-0.15, -0.1) is 0 Å². The van der Waals surface area contributed by atoms with Gasteiger partial charge in [0, 0.05) is 25.1 Å². The number of methoxy groups -OCH3 is 1. The maximum absolute atomic E-state index is 13.5. The van der Waals surface area contributed by atoms with E-state index >= 15 is 0 Å². The normalized spacial score (nSPS) is 23.8. The van der Waals surface area contributed by atoms with E-state index in [0.29, 0.717) is 48.2 Å². The third-order valence-corrected chi connectivity index (χ3v) is 7.59. The van der Waals surface area contributed by atoms with E-state index in [1.807, 2.05) is 19.1 Å². The number of carbonyl (C=O) groups is 2. The van der Waals surface area contributed by atoms with Crippen molar-refractivity contribution in [1.29, 1.82) is 0 Å². The van der Waals surface area contributed by atoms with Crippen LogP contribution >= 0.6 is 0 Å².